The van der Waals surface area contributed by atoms with Crippen molar-refractivity contribution < 1.29 is 0 Å². The lowest BCUT2D eigenvalue weighted by Crippen LogP contribution is -2.62. The van der Waals surface area contributed by atoms with E-state index in [-0.39, 0.29) is 44.7 Å². The number of benzene rings is 8. The highest BCUT2D eigenvalue weighted by Gasteiger charge is 2.58. The van der Waals surface area contributed by atoms with E-state index >= 15 is 0 Å². The molecule has 5 heteroatoms. The van der Waals surface area contributed by atoms with Crippen molar-refractivity contribution in [2.75, 3.05) is 14.7 Å². The van der Waals surface area contributed by atoms with Crippen LogP contribution in [0.15, 0.2) is 146 Å². The standard InChI is InChI=1S/C75H76BN3S/c1-69(2)34-35-70(3,4)54-38-45(30-31-51(54)69)77-61-44-56-55(71(5,6)36-37-72(56,7)8)42-58(61)76-57-41-49-47-22-13-15-24-50(47)73(9,10)53(49)43-62(57)78(60-27-21-29-66-67(60)48-23-14-18-28-65(48)80-66)64-40-46(39-63(77)68(64)76)79-59-26-17-16-25-52(59)74(11)32-19-20-33-75(74,79)12/h13-18,21-31,38-44H,19-20,32-37H2,1-12H3. The Hall–Kier alpha value is -6.56. The lowest BCUT2D eigenvalue weighted by atomic mass is 9.33. The van der Waals surface area contributed by atoms with E-state index in [0.717, 1.165) is 12.8 Å². The molecule has 2 unspecified atom stereocenters. The summed E-state index contributed by atoms with van der Waals surface area (Å²) in [6.45, 7) is 30.1. The van der Waals surface area contributed by atoms with Gasteiger partial charge in [0.25, 0.3) is 6.71 Å². The van der Waals surface area contributed by atoms with Crippen LogP contribution >= 0.6 is 11.3 Å². The highest BCUT2D eigenvalue weighted by atomic mass is 32.1. The first-order chi connectivity index (χ1) is 38.1. The SMILES string of the molecule is CC1(C)CCC(C)(C)c2cc(N3c4cc5c(cc4B4c6cc7c(cc6N(c6cccc8sc9ccccc9c68)c6cc(N8c9ccccc9C9(C)CCCCC89C)cc3c64)C(C)(C)c3ccccc3-7)C(C)(C)CCC5(C)C)ccc21. The van der Waals surface area contributed by atoms with Gasteiger partial charge in [-0.25, -0.2) is 0 Å². The molecule has 4 heterocycles. The lowest BCUT2D eigenvalue weighted by molar-refractivity contribution is 0.195. The molecular formula is C75H76BN3S. The fourth-order valence-corrected chi connectivity index (χ4v) is 18.8. The second-order valence-corrected chi connectivity index (χ2v) is 30.3. The molecule has 400 valence electrons. The summed E-state index contributed by atoms with van der Waals surface area (Å²) in [5.74, 6) is 0. The maximum atomic E-state index is 2.86. The third-order valence-corrected chi connectivity index (χ3v) is 23.8. The fraction of sp³-hybridized carbons (Fsp3) is 0.360. The van der Waals surface area contributed by atoms with Crippen LogP contribution in [0.3, 0.4) is 0 Å². The first-order valence-corrected chi connectivity index (χ1v) is 31.2. The first-order valence-electron chi connectivity index (χ1n) is 30.3. The molecular weight excluding hydrogens is 986 g/mol. The highest BCUT2D eigenvalue weighted by molar-refractivity contribution is 7.26. The normalized spacial score (nSPS) is 23.4. The van der Waals surface area contributed by atoms with Gasteiger partial charge in [-0.2, -0.15) is 0 Å². The Balaban J connectivity index is 1.09. The van der Waals surface area contributed by atoms with Crippen molar-refractivity contribution in [1.82, 2.24) is 0 Å². The Morgan fingerprint density at radius 3 is 1.73 bits per heavy atom. The summed E-state index contributed by atoms with van der Waals surface area (Å²) < 4.78 is 2.66. The molecule has 0 saturated heterocycles. The van der Waals surface area contributed by atoms with E-state index in [1.165, 1.54) is 171 Å². The summed E-state index contributed by atoms with van der Waals surface area (Å²) in [7, 11) is 0. The zero-order valence-corrected chi connectivity index (χ0v) is 50.2. The Morgan fingerprint density at radius 2 is 0.963 bits per heavy atom. The van der Waals surface area contributed by atoms with Crippen molar-refractivity contribution in [2.45, 2.75) is 172 Å². The molecule has 0 spiro atoms. The number of thiophene rings is 1. The predicted molar refractivity (Wildman–Crippen MR) is 344 cm³/mol. The molecule has 80 heavy (non-hydrogen) atoms. The molecule has 0 radical (unpaired) electrons. The molecule has 0 bridgehead atoms. The fourth-order valence-electron chi connectivity index (χ4n) is 17.7. The van der Waals surface area contributed by atoms with E-state index < -0.39 is 0 Å². The third kappa shape index (κ3) is 6.29. The summed E-state index contributed by atoms with van der Waals surface area (Å²) in [5.41, 5.74) is 27.6. The van der Waals surface area contributed by atoms with Crippen LogP contribution in [0.5, 0.6) is 0 Å². The lowest BCUT2D eigenvalue weighted by Gasteiger charge is -2.51. The molecule has 8 aromatic carbocycles. The van der Waals surface area contributed by atoms with E-state index in [1.54, 1.807) is 0 Å². The monoisotopic (exact) mass is 1060 g/mol. The number of nitrogens with zero attached hydrogens (tertiary/aromatic N) is 3. The van der Waals surface area contributed by atoms with Crippen molar-refractivity contribution in [3.63, 3.8) is 0 Å². The molecule has 4 aliphatic carbocycles. The molecule has 16 rings (SSSR count). The minimum Gasteiger partial charge on any atom is -0.334 e. The molecule has 2 atom stereocenters. The number of hydrogen-bond acceptors (Lipinski definition) is 4. The van der Waals surface area contributed by atoms with Gasteiger partial charge in [0.05, 0.1) is 11.2 Å². The molecule has 7 aliphatic rings. The smallest absolute Gasteiger partial charge is 0.252 e. The van der Waals surface area contributed by atoms with E-state index in [0.29, 0.717) is 0 Å². The zero-order valence-electron chi connectivity index (χ0n) is 49.3. The second-order valence-electron chi connectivity index (χ2n) is 29.3. The highest BCUT2D eigenvalue weighted by Crippen LogP contribution is 2.63. The number of rotatable bonds is 3. The number of anilines is 8. The quantitative estimate of drug-likeness (QED) is 0.163. The molecule has 1 fully saturated rings. The van der Waals surface area contributed by atoms with Crippen LogP contribution in [-0.2, 0) is 32.5 Å². The molecule has 1 aromatic heterocycles. The predicted octanol–water partition coefficient (Wildman–Crippen LogP) is 18.9. The van der Waals surface area contributed by atoms with Crippen molar-refractivity contribution in [3.05, 3.63) is 185 Å². The Bertz CT molecular complexity index is 4210. The summed E-state index contributed by atoms with van der Waals surface area (Å²) in [6.07, 6.45) is 9.49. The van der Waals surface area contributed by atoms with Crippen LogP contribution in [0.25, 0.3) is 31.3 Å². The van der Waals surface area contributed by atoms with Crippen molar-refractivity contribution in [1.29, 1.82) is 0 Å². The van der Waals surface area contributed by atoms with Crippen LogP contribution in [0.1, 0.15) is 173 Å². The van der Waals surface area contributed by atoms with Crippen LogP contribution in [0, 0.1) is 0 Å². The summed E-state index contributed by atoms with van der Waals surface area (Å²) >= 11 is 1.93. The molecule has 3 nitrogen and oxygen atoms in total. The first kappa shape index (κ1) is 49.3. The van der Waals surface area contributed by atoms with Gasteiger partial charge in [-0.1, -0.05) is 174 Å². The molecule has 0 N–H and O–H groups in total. The molecule has 1 saturated carbocycles. The Morgan fingerprint density at radius 1 is 0.388 bits per heavy atom. The minimum absolute atomic E-state index is 0.00720. The van der Waals surface area contributed by atoms with Crippen molar-refractivity contribution in [3.8, 4) is 11.1 Å². The minimum atomic E-state index is -0.189. The molecule has 3 aliphatic heterocycles. The number of fused-ring (bicyclic) bond motifs is 15. The van der Waals surface area contributed by atoms with Gasteiger partial charge in [0.15, 0.2) is 0 Å². The second kappa shape index (κ2) is 15.9. The van der Waals surface area contributed by atoms with E-state index in [1.807, 2.05) is 11.3 Å². The van der Waals surface area contributed by atoms with Gasteiger partial charge in [0, 0.05) is 70.8 Å². The van der Waals surface area contributed by atoms with Gasteiger partial charge in [-0.05, 0) is 194 Å². The summed E-state index contributed by atoms with van der Waals surface area (Å²) in [6, 6.07) is 59.0. The Kier molecular flexibility index (Phi) is 9.80. The molecule has 9 aromatic rings. The van der Waals surface area contributed by atoms with Gasteiger partial charge >= 0.3 is 0 Å². The van der Waals surface area contributed by atoms with Gasteiger partial charge < -0.3 is 14.7 Å². The average Bonchev–Trinajstić information content (AvgIpc) is 3.00. The maximum Gasteiger partial charge on any atom is 0.252 e. The van der Waals surface area contributed by atoms with E-state index in [4.69, 9.17) is 0 Å². The van der Waals surface area contributed by atoms with Crippen LogP contribution < -0.4 is 31.1 Å². The van der Waals surface area contributed by atoms with Crippen molar-refractivity contribution >= 4 is 100 Å². The van der Waals surface area contributed by atoms with Gasteiger partial charge in [0.2, 0.25) is 0 Å². The van der Waals surface area contributed by atoms with Gasteiger partial charge in [0.1, 0.15) is 0 Å². The van der Waals surface area contributed by atoms with E-state index in [2.05, 4.69) is 243 Å². The topological polar surface area (TPSA) is 9.72 Å². The van der Waals surface area contributed by atoms with Gasteiger partial charge in [-0.3, -0.25) is 0 Å². The van der Waals surface area contributed by atoms with Gasteiger partial charge in [-0.15, -0.1) is 11.3 Å². The molecule has 0 amide bonds. The number of hydrogen-bond donors (Lipinski definition) is 0. The van der Waals surface area contributed by atoms with Crippen LogP contribution in [0.2, 0.25) is 0 Å². The van der Waals surface area contributed by atoms with Crippen LogP contribution in [-0.4, -0.2) is 12.3 Å². The third-order valence-electron chi connectivity index (χ3n) is 22.7. The van der Waals surface area contributed by atoms with Crippen molar-refractivity contribution in [2.24, 2.45) is 0 Å². The van der Waals surface area contributed by atoms with E-state index in [9.17, 15) is 0 Å². The maximum absolute atomic E-state index is 2.86. The largest absolute Gasteiger partial charge is 0.334 e. The van der Waals surface area contributed by atoms with Crippen LogP contribution in [0.4, 0.5) is 45.5 Å². The number of para-hydroxylation sites is 1. The summed E-state index contributed by atoms with van der Waals surface area (Å²) in [5, 5.41) is 2.66. The summed E-state index contributed by atoms with van der Waals surface area (Å²) in [4.78, 5) is 8.44. The Labute approximate surface area is 480 Å². The zero-order chi connectivity index (χ0) is 55.0. The average molecular weight is 1060 g/mol.